The molecule has 0 atom stereocenters. The van der Waals surface area contributed by atoms with Crippen LogP contribution in [0.15, 0.2) is 33.5 Å². The second-order valence-corrected chi connectivity index (χ2v) is 11.8. The van der Waals surface area contributed by atoms with Gasteiger partial charge in [-0.25, -0.2) is 4.98 Å². The van der Waals surface area contributed by atoms with Gasteiger partial charge in [-0.05, 0) is 40.6 Å². The second-order valence-electron chi connectivity index (χ2n) is 6.62. The molecule has 0 amide bonds. The maximum Gasteiger partial charge on any atom is 0.227 e. The summed E-state index contributed by atoms with van der Waals surface area (Å²) in [6.45, 7) is 7.52. The monoisotopic (exact) mass is 435 g/mol. The van der Waals surface area contributed by atoms with Crippen molar-refractivity contribution in [3.63, 3.8) is 0 Å². The lowest BCUT2D eigenvalue weighted by molar-refractivity contribution is 0.231. The lowest BCUT2D eigenvalue weighted by Gasteiger charge is -2.43. The predicted molar refractivity (Wildman–Crippen MR) is 105 cm³/mol. The van der Waals surface area contributed by atoms with E-state index in [4.69, 9.17) is 24.9 Å². The van der Waals surface area contributed by atoms with Crippen molar-refractivity contribution in [3.8, 4) is 17.2 Å². The summed E-state index contributed by atoms with van der Waals surface area (Å²) >= 11 is 9.73. The van der Waals surface area contributed by atoms with Crippen molar-refractivity contribution in [2.24, 2.45) is 0 Å². The molecule has 4 nitrogen and oxygen atoms in total. The Hall–Kier alpha value is -0.690. The van der Waals surface area contributed by atoms with Gasteiger partial charge in [0.05, 0.1) is 23.4 Å². The van der Waals surface area contributed by atoms with E-state index < -0.39 is 10.3 Å². The Balaban J connectivity index is 2.02. The van der Waals surface area contributed by atoms with Crippen molar-refractivity contribution in [3.05, 3.63) is 34.1 Å². The Kier molecular flexibility index (Phi) is 6.29. The molecule has 1 heterocycles. The quantitative estimate of drug-likeness (QED) is 0.526. The lowest BCUT2D eigenvalue weighted by Crippen LogP contribution is -2.26. The van der Waals surface area contributed by atoms with Crippen molar-refractivity contribution in [1.29, 1.82) is 0 Å². The zero-order valence-corrected chi connectivity index (χ0v) is 17.7. The summed E-state index contributed by atoms with van der Waals surface area (Å²) in [4.78, 5) is 4.16. The van der Waals surface area contributed by atoms with E-state index in [1.165, 1.54) is 6.26 Å². The third-order valence-electron chi connectivity index (χ3n) is 3.88. The molecule has 0 fully saturated rings. The first-order valence-corrected chi connectivity index (χ1v) is 11.1. The van der Waals surface area contributed by atoms with Gasteiger partial charge in [-0.2, -0.15) is 0 Å². The van der Waals surface area contributed by atoms with E-state index in [1.54, 1.807) is 12.3 Å². The Morgan fingerprint density at radius 3 is 2.54 bits per heavy atom. The van der Waals surface area contributed by atoms with Crippen LogP contribution >= 0.6 is 37.8 Å². The van der Waals surface area contributed by atoms with Crippen LogP contribution in [0, 0.1) is 0 Å². The van der Waals surface area contributed by atoms with Gasteiger partial charge in [-0.1, -0.05) is 32.4 Å². The molecule has 0 saturated heterocycles. The van der Waals surface area contributed by atoms with E-state index >= 15 is 0 Å². The largest absolute Gasteiger partial charge is 0.490 e. The molecule has 134 valence electrons. The molecule has 2 aromatic rings. The Bertz CT molecular complexity index is 684. The molecule has 1 aromatic heterocycles. The lowest BCUT2D eigenvalue weighted by atomic mass is 10.2. The van der Waals surface area contributed by atoms with E-state index in [1.807, 2.05) is 6.07 Å². The topological polar surface area (TPSA) is 44.5 Å². The van der Waals surface area contributed by atoms with Crippen molar-refractivity contribution in [2.75, 3.05) is 25.7 Å². The minimum atomic E-state index is -1.16. The molecule has 0 radical (unpaired) electrons. The van der Waals surface area contributed by atoms with Gasteiger partial charge in [0.1, 0.15) is 18.6 Å². The fraction of sp³-hybridized carbons (Fsp3) is 0.471. The van der Waals surface area contributed by atoms with Crippen LogP contribution in [0.3, 0.4) is 0 Å². The number of benzene rings is 1. The van der Waals surface area contributed by atoms with Crippen LogP contribution in [0.25, 0.3) is 11.5 Å². The van der Waals surface area contributed by atoms with Crippen molar-refractivity contribution >= 4 is 37.8 Å². The normalized spacial score (nSPS) is 13.1. The minimum Gasteiger partial charge on any atom is -0.490 e. The van der Waals surface area contributed by atoms with Crippen LogP contribution in [0.2, 0.25) is 5.02 Å². The van der Waals surface area contributed by atoms with Crippen molar-refractivity contribution in [1.82, 2.24) is 4.98 Å². The number of rotatable bonds is 6. The SMILES string of the molecule is CC(C)(C)S(C)(C)OCCOc1cc(-c2ncco2)c(Br)cc1Cl. The van der Waals surface area contributed by atoms with Crippen LogP contribution in [0.1, 0.15) is 20.8 Å². The number of ether oxygens (including phenoxy) is 1. The fourth-order valence-electron chi connectivity index (χ4n) is 1.73. The summed E-state index contributed by atoms with van der Waals surface area (Å²) in [6.07, 6.45) is 7.46. The number of aromatic nitrogens is 1. The zero-order valence-electron chi connectivity index (χ0n) is 14.6. The highest BCUT2D eigenvalue weighted by atomic mass is 79.9. The number of hydrogen-bond donors (Lipinski definition) is 0. The van der Waals surface area contributed by atoms with Gasteiger partial charge < -0.3 is 13.3 Å². The molecule has 0 bridgehead atoms. The fourth-order valence-corrected chi connectivity index (χ4v) is 3.43. The summed E-state index contributed by atoms with van der Waals surface area (Å²) in [6, 6.07) is 3.60. The summed E-state index contributed by atoms with van der Waals surface area (Å²) in [7, 11) is -1.16. The number of oxazole rings is 1. The number of nitrogens with zero attached hydrogens (tertiary/aromatic N) is 1. The average molecular weight is 437 g/mol. The van der Waals surface area contributed by atoms with Crippen LogP contribution < -0.4 is 4.74 Å². The van der Waals surface area contributed by atoms with Crippen molar-refractivity contribution < 1.29 is 13.3 Å². The molecule has 0 N–H and O–H groups in total. The van der Waals surface area contributed by atoms with Crippen molar-refractivity contribution in [2.45, 2.75) is 25.5 Å². The maximum atomic E-state index is 6.26. The molecular weight excluding hydrogens is 414 g/mol. The highest BCUT2D eigenvalue weighted by Crippen LogP contribution is 2.53. The first-order chi connectivity index (χ1) is 11.1. The molecule has 1 aromatic carbocycles. The number of halogens is 2. The summed E-state index contributed by atoms with van der Waals surface area (Å²) in [5.74, 6) is 1.10. The summed E-state index contributed by atoms with van der Waals surface area (Å²) in [5, 5.41) is 0.527. The first kappa shape index (κ1) is 19.6. The van der Waals surface area contributed by atoms with Gasteiger partial charge >= 0.3 is 0 Å². The van der Waals surface area contributed by atoms with Crippen LogP contribution in [-0.4, -0.2) is 35.5 Å². The maximum absolute atomic E-state index is 6.26. The molecule has 0 aliphatic carbocycles. The minimum absolute atomic E-state index is 0.125. The van der Waals surface area contributed by atoms with E-state index in [9.17, 15) is 0 Å². The van der Waals surface area contributed by atoms with Crippen LogP contribution in [0.5, 0.6) is 5.75 Å². The first-order valence-electron chi connectivity index (χ1n) is 7.51. The van der Waals surface area contributed by atoms with Gasteiger partial charge in [0.15, 0.2) is 0 Å². The highest BCUT2D eigenvalue weighted by molar-refractivity contribution is 9.10. The molecule has 0 unspecified atom stereocenters. The van der Waals surface area contributed by atoms with Crippen LogP contribution in [0.4, 0.5) is 0 Å². The smallest absolute Gasteiger partial charge is 0.227 e. The Labute approximate surface area is 158 Å². The van der Waals surface area contributed by atoms with E-state index in [-0.39, 0.29) is 4.75 Å². The van der Waals surface area contributed by atoms with Gasteiger partial charge in [0, 0.05) is 9.22 Å². The second kappa shape index (κ2) is 7.68. The van der Waals surface area contributed by atoms with E-state index in [0.29, 0.717) is 29.9 Å². The third-order valence-corrected chi connectivity index (χ3v) is 8.53. The third kappa shape index (κ3) is 4.69. The molecule has 0 spiro atoms. The average Bonchev–Trinajstić information content (AvgIpc) is 2.98. The molecular formula is C17H23BrClNO3S. The predicted octanol–water partition coefficient (Wildman–Crippen LogP) is 5.93. The molecule has 2 rings (SSSR count). The van der Waals surface area contributed by atoms with E-state index in [0.717, 1.165) is 10.0 Å². The molecule has 0 aliphatic heterocycles. The van der Waals surface area contributed by atoms with Gasteiger partial charge in [0.25, 0.3) is 0 Å². The summed E-state index contributed by atoms with van der Waals surface area (Å²) in [5.41, 5.74) is 0.793. The van der Waals surface area contributed by atoms with Crippen LogP contribution in [-0.2, 0) is 4.18 Å². The standard InChI is InChI=1S/C17H23BrClNO3S/c1-17(2,3)24(4,5)23-9-8-21-15-10-12(13(18)11-14(15)19)16-20-6-7-22-16/h6-7,10-11H,8-9H2,1-5H3. The van der Waals surface area contributed by atoms with Gasteiger partial charge in [0.2, 0.25) is 5.89 Å². The molecule has 0 aliphatic rings. The summed E-state index contributed by atoms with van der Waals surface area (Å²) < 4.78 is 18.1. The Morgan fingerprint density at radius 1 is 1.25 bits per heavy atom. The molecule has 0 saturated carbocycles. The van der Waals surface area contributed by atoms with Gasteiger partial charge in [-0.3, -0.25) is 0 Å². The highest BCUT2D eigenvalue weighted by Gasteiger charge is 2.28. The molecule has 7 heteroatoms. The number of hydrogen-bond acceptors (Lipinski definition) is 4. The van der Waals surface area contributed by atoms with Gasteiger partial charge in [-0.15, -0.1) is 10.3 Å². The Morgan fingerprint density at radius 2 is 1.96 bits per heavy atom. The zero-order chi connectivity index (χ0) is 18.0. The van der Waals surface area contributed by atoms with E-state index in [2.05, 4.69) is 54.2 Å². The molecule has 24 heavy (non-hydrogen) atoms.